The molecule has 0 atom stereocenters. The molecular weight excluding hydrogens is 557 g/mol. The molecule has 9 nitrogen and oxygen atoms in total. The second-order valence-corrected chi connectivity index (χ2v) is 8.45. The first kappa shape index (κ1) is 27.6. The first-order valence-corrected chi connectivity index (χ1v) is 11.7. The van der Waals surface area contributed by atoms with Crippen molar-refractivity contribution >= 4 is 45.2 Å². The Balaban J connectivity index is 0.00000121. The maximum Gasteiger partial charge on any atom is 0.416 e. The minimum Gasteiger partial charge on any atom is -0.554 e. The van der Waals surface area contributed by atoms with E-state index in [-0.39, 0.29) is 18.1 Å². The van der Waals surface area contributed by atoms with Crippen LogP contribution in [0.4, 0.5) is 19.0 Å². The number of nitrogens with zero attached hydrogens (tertiary/aromatic N) is 4. The van der Waals surface area contributed by atoms with Crippen LogP contribution in [0.15, 0.2) is 59.3 Å². The van der Waals surface area contributed by atoms with Crippen LogP contribution in [0.25, 0.3) is 11.0 Å². The van der Waals surface area contributed by atoms with Crippen molar-refractivity contribution in [2.24, 2.45) is 0 Å². The third-order valence-electron chi connectivity index (χ3n) is 5.40. The highest BCUT2D eigenvalue weighted by atomic mass is 79.9. The minimum atomic E-state index is -4.47. The van der Waals surface area contributed by atoms with Gasteiger partial charge in [0.1, 0.15) is 17.7 Å². The van der Waals surface area contributed by atoms with E-state index < -0.39 is 24.1 Å². The molecule has 0 saturated carbocycles. The third kappa shape index (κ3) is 6.42. The average molecular weight is 579 g/mol. The van der Waals surface area contributed by atoms with Gasteiger partial charge in [0.05, 0.1) is 18.3 Å². The van der Waals surface area contributed by atoms with E-state index in [2.05, 4.69) is 31.2 Å². The molecule has 4 aromatic rings. The zero-order chi connectivity index (χ0) is 27.2. The van der Waals surface area contributed by atoms with Crippen LogP contribution in [0.1, 0.15) is 34.4 Å². The first-order chi connectivity index (χ1) is 17.6. The molecule has 2 aromatic heterocycles. The van der Waals surface area contributed by atoms with Crippen LogP contribution >= 0.6 is 15.9 Å². The van der Waals surface area contributed by atoms with Gasteiger partial charge in [-0.3, -0.25) is 4.79 Å². The number of fused-ring (bicyclic) bond motifs is 1. The van der Waals surface area contributed by atoms with Crippen LogP contribution in [-0.4, -0.2) is 26.9 Å². The van der Waals surface area contributed by atoms with Gasteiger partial charge in [0, 0.05) is 12.5 Å². The van der Waals surface area contributed by atoms with Crippen molar-refractivity contribution in [1.82, 2.24) is 19.9 Å². The lowest BCUT2D eigenvalue weighted by Crippen LogP contribution is -2.41. The van der Waals surface area contributed by atoms with Gasteiger partial charge in [0.2, 0.25) is 0 Å². The van der Waals surface area contributed by atoms with Crippen molar-refractivity contribution in [2.75, 3.05) is 5.73 Å². The second-order valence-electron chi connectivity index (χ2n) is 7.64. The van der Waals surface area contributed by atoms with E-state index in [9.17, 15) is 18.0 Å². The largest absolute Gasteiger partial charge is 0.554 e. The summed E-state index contributed by atoms with van der Waals surface area (Å²) in [6.45, 7) is 2.21. The lowest BCUT2D eigenvalue weighted by molar-refractivity contribution is -0.671. The Morgan fingerprint density at radius 2 is 1.92 bits per heavy atom. The summed E-state index contributed by atoms with van der Waals surface area (Å²) in [5.41, 5.74) is 7.05. The smallest absolute Gasteiger partial charge is 0.416 e. The van der Waals surface area contributed by atoms with Gasteiger partial charge in [0.15, 0.2) is 22.5 Å². The van der Waals surface area contributed by atoms with E-state index in [0.717, 1.165) is 17.7 Å². The minimum absolute atomic E-state index is 0.0243. The molecule has 4 rings (SSSR count). The fourth-order valence-corrected chi connectivity index (χ4v) is 4.12. The second kappa shape index (κ2) is 11.8. The number of benzene rings is 2. The zero-order valence-electron chi connectivity index (χ0n) is 19.5. The fourth-order valence-electron chi connectivity index (χ4n) is 3.84. The molecule has 0 fully saturated rings. The average Bonchev–Trinajstić information content (AvgIpc) is 3.16. The molecule has 3 N–H and O–H groups in total. The van der Waals surface area contributed by atoms with E-state index in [1.54, 1.807) is 4.57 Å². The summed E-state index contributed by atoms with van der Waals surface area (Å²) in [6.07, 6.45) is -3.08. The summed E-state index contributed by atoms with van der Waals surface area (Å²) < 4.78 is 44.3. The molecule has 0 radical (unpaired) electrons. The lowest BCUT2D eigenvalue weighted by atomic mass is 10.2. The van der Waals surface area contributed by atoms with Crippen molar-refractivity contribution in [2.45, 2.75) is 32.7 Å². The quantitative estimate of drug-likeness (QED) is 0.267. The van der Waals surface area contributed by atoms with Gasteiger partial charge in [-0.2, -0.15) is 13.2 Å². The number of hydrogen-bond donors (Lipinski definition) is 2. The number of hydrogen-bond acceptors (Lipinski definition) is 6. The number of nitrogens with two attached hydrogens (primary N) is 1. The van der Waals surface area contributed by atoms with Crippen LogP contribution in [0.2, 0.25) is 0 Å². The summed E-state index contributed by atoms with van der Waals surface area (Å²) in [5.74, 6) is 0.0701. The molecule has 0 unspecified atom stereocenters. The van der Waals surface area contributed by atoms with Crippen LogP contribution in [0.5, 0.6) is 0 Å². The predicted molar refractivity (Wildman–Crippen MR) is 130 cm³/mol. The first-order valence-electron chi connectivity index (χ1n) is 10.9. The summed E-state index contributed by atoms with van der Waals surface area (Å²) in [4.78, 5) is 29.0. The molecule has 0 aliphatic carbocycles. The molecule has 0 aliphatic heterocycles. The Labute approximate surface area is 217 Å². The molecule has 2 aromatic carbocycles. The highest BCUT2D eigenvalue weighted by molar-refractivity contribution is 9.10. The van der Waals surface area contributed by atoms with E-state index in [4.69, 9.17) is 15.6 Å². The number of aromatic nitrogens is 4. The van der Waals surface area contributed by atoms with Gasteiger partial charge in [0.25, 0.3) is 11.7 Å². The number of aryl methyl sites for hydroxylation is 1. The fraction of sp³-hybridized carbons (Fsp3) is 0.208. The molecule has 37 heavy (non-hydrogen) atoms. The van der Waals surface area contributed by atoms with E-state index in [0.29, 0.717) is 34.6 Å². The van der Waals surface area contributed by atoms with Crippen molar-refractivity contribution in [3.63, 3.8) is 0 Å². The Kier molecular flexibility index (Phi) is 8.81. The van der Waals surface area contributed by atoms with Crippen molar-refractivity contribution in [1.29, 1.82) is 0 Å². The monoisotopic (exact) mass is 578 g/mol. The normalized spacial score (nSPS) is 11.1. The van der Waals surface area contributed by atoms with Crippen molar-refractivity contribution < 1.29 is 32.4 Å². The molecule has 0 bridgehead atoms. The topological polar surface area (TPSA) is 130 Å². The third-order valence-corrected chi connectivity index (χ3v) is 5.78. The summed E-state index contributed by atoms with van der Waals surface area (Å²) in [6, 6.07) is 13.2. The van der Waals surface area contributed by atoms with Gasteiger partial charge >= 0.3 is 6.18 Å². The number of nitrogens with one attached hydrogen (secondary N) is 1. The van der Waals surface area contributed by atoms with Crippen LogP contribution in [0, 0.1) is 0 Å². The number of carbonyl (C=O) groups is 2. The number of halogens is 4. The maximum absolute atomic E-state index is 13.4. The molecule has 0 spiro atoms. The molecule has 194 valence electrons. The van der Waals surface area contributed by atoms with E-state index >= 15 is 0 Å². The lowest BCUT2D eigenvalue weighted by Gasteiger charge is -2.08. The van der Waals surface area contributed by atoms with Gasteiger partial charge < -0.3 is 21.0 Å². The number of anilines is 1. The summed E-state index contributed by atoms with van der Waals surface area (Å²) >= 11 is 3.17. The van der Waals surface area contributed by atoms with Gasteiger partial charge in [-0.05, 0) is 40.5 Å². The van der Waals surface area contributed by atoms with E-state index in [1.807, 2.05) is 41.8 Å². The van der Waals surface area contributed by atoms with Crippen LogP contribution < -0.4 is 20.7 Å². The number of nitrogen functional groups attached to an aromatic ring is 1. The zero-order valence-corrected chi connectivity index (χ0v) is 21.1. The predicted octanol–water partition coefficient (Wildman–Crippen LogP) is 2.45. The summed E-state index contributed by atoms with van der Waals surface area (Å²) in [7, 11) is 0. The SMILES string of the molecule is CCn1c(CNC(=O)c2nc(Br)cnc2N)[n+](Cc2ccccc2)c2ccc(C(F)(F)F)cc21.O=C[O-]. The van der Waals surface area contributed by atoms with E-state index in [1.165, 1.54) is 12.3 Å². The standard InChI is InChI=1S/C23H20BrF3N6O.CH2O2/c1-2-32-17-10-15(23(25,26)27)8-9-16(17)33(13-14-6-4-3-5-7-14)19(32)12-30-22(34)20-21(28)29-11-18(24)31-20;2-1-3/h3-11H,2,12-13H2,1H3,(H2-,28,29,30,34);1H,(H,2,3). The van der Waals surface area contributed by atoms with Gasteiger partial charge in [-0.15, -0.1) is 0 Å². The highest BCUT2D eigenvalue weighted by Crippen LogP contribution is 2.31. The van der Waals surface area contributed by atoms with Crippen LogP contribution in [0.3, 0.4) is 0 Å². The van der Waals surface area contributed by atoms with Crippen LogP contribution in [-0.2, 0) is 30.6 Å². The van der Waals surface area contributed by atoms with Gasteiger partial charge in [-0.25, -0.2) is 19.1 Å². The molecule has 2 heterocycles. The Morgan fingerprint density at radius 3 is 2.54 bits per heavy atom. The number of alkyl halides is 3. The summed E-state index contributed by atoms with van der Waals surface area (Å²) in [5, 5.41) is 11.0. The molecule has 0 saturated heterocycles. The Hall–Kier alpha value is -4.00. The Morgan fingerprint density at radius 1 is 1.24 bits per heavy atom. The van der Waals surface area contributed by atoms with Crippen molar-refractivity contribution in [3.05, 3.63) is 82.0 Å². The molecular formula is C24H22BrF3N6O3. The number of imidazole rings is 1. The number of amides is 1. The molecule has 13 heteroatoms. The van der Waals surface area contributed by atoms with Gasteiger partial charge in [-0.1, -0.05) is 30.3 Å². The number of rotatable bonds is 6. The number of carbonyl (C=O) groups excluding carboxylic acids is 2. The highest BCUT2D eigenvalue weighted by Gasteiger charge is 2.33. The Bertz CT molecular complexity index is 1410. The molecule has 0 aliphatic rings. The molecule has 1 amide bonds. The maximum atomic E-state index is 13.4. The van der Waals surface area contributed by atoms with Crippen molar-refractivity contribution in [3.8, 4) is 0 Å². The number of carboxylic acid groups (broad SMARTS) is 1.